The van der Waals surface area contributed by atoms with Crippen molar-refractivity contribution in [3.63, 3.8) is 0 Å². The van der Waals surface area contributed by atoms with E-state index in [2.05, 4.69) is 10.6 Å². The summed E-state index contributed by atoms with van der Waals surface area (Å²) < 4.78 is 18.3. The van der Waals surface area contributed by atoms with Gasteiger partial charge < -0.3 is 15.4 Å². The van der Waals surface area contributed by atoms with Crippen molar-refractivity contribution in [2.45, 2.75) is 26.0 Å². The summed E-state index contributed by atoms with van der Waals surface area (Å²) in [5, 5.41) is 4.94. The van der Waals surface area contributed by atoms with Crippen LogP contribution in [0.15, 0.2) is 24.3 Å². The fourth-order valence-electron chi connectivity index (χ4n) is 1.64. The Labute approximate surface area is 117 Å². The summed E-state index contributed by atoms with van der Waals surface area (Å²) in [6.07, 6.45) is -0.513. The molecule has 0 aliphatic heterocycles. The van der Waals surface area contributed by atoms with Gasteiger partial charge in [0.05, 0.1) is 6.10 Å². The largest absolute Gasteiger partial charge is 0.375 e. The number of carbonyl (C=O) groups excluding carboxylic acids is 2. The Hall–Kier alpha value is -1.95. The second kappa shape index (κ2) is 7.59. The average Bonchev–Trinajstić information content (AvgIpc) is 2.38. The van der Waals surface area contributed by atoms with E-state index < -0.39 is 17.9 Å². The zero-order chi connectivity index (χ0) is 15.1. The summed E-state index contributed by atoms with van der Waals surface area (Å²) in [6.45, 7) is 3.61. The molecule has 1 aromatic rings. The lowest BCUT2D eigenvalue weighted by Crippen LogP contribution is -2.43. The molecule has 1 rings (SSSR count). The zero-order valence-corrected chi connectivity index (χ0v) is 11.8. The van der Waals surface area contributed by atoms with E-state index in [9.17, 15) is 14.0 Å². The molecule has 0 heterocycles. The van der Waals surface area contributed by atoms with E-state index in [-0.39, 0.29) is 18.4 Å². The first kappa shape index (κ1) is 16.1. The Morgan fingerprint density at radius 1 is 1.30 bits per heavy atom. The Balaban J connectivity index is 2.58. The monoisotopic (exact) mass is 282 g/mol. The highest BCUT2D eigenvalue weighted by Crippen LogP contribution is 2.16. The number of methoxy groups -OCH3 is 1. The topological polar surface area (TPSA) is 67.4 Å². The molecule has 0 aliphatic carbocycles. The number of rotatable bonds is 5. The predicted octanol–water partition coefficient (Wildman–Crippen LogP) is 1.15. The van der Waals surface area contributed by atoms with Crippen LogP contribution in [0, 0.1) is 5.82 Å². The minimum absolute atomic E-state index is 0.0876. The Bertz CT molecular complexity index is 477. The van der Waals surface area contributed by atoms with Gasteiger partial charge in [0.1, 0.15) is 5.82 Å². The molecule has 110 valence electrons. The van der Waals surface area contributed by atoms with E-state index in [1.165, 1.54) is 19.2 Å². The van der Waals surface area contributed by atoms with Crippen molar-refractivity contribution in [1.29, 1.82) is 0 Å². The molecular weight excluding hydrogens is 263 g/mol. The van der Waals surface area contributed by atoms with Crippen LogP contribution >= 0.6 is 0 Å². The van der Waals surface area contributed by atoms with Gasteiger partial charge in [-0.25, -0.2) is 4.39 Å². The van der Waals surface area contributed by atoms with Crippen LogP contribution in [0.4, 0.5) is 4.39 Å². The molecule has 2 N–H and O–H groups in total. The molecule has 0 fully saturated rings. The van der Waals surface area contributed by atoms with E-state index in [4.69, 9.17) is 4.74 Å². The predicted molar refractivity (Wildman–Crippen MR) is 72.4 cm³/mol. The van der Waals surface area contributed by atoms with E-state index in [1.807, 2.05) is 0 Å². The van der Waals surface area contributed by atoms with Gasteiger partial charge in [-0.3, -0.25) is 9.59 Å². The number of halogens is 1. The van der Waals surface area contributed by atoms with E-state index in [0.29, 0.717) is 5.56 Å². The number of nitrogens with one attached hydrogen (secondary N) is 2. The molecule has 20 heavy (non-hydrogen) atoms. The number of carbonyl (C=O) groups is 2. The quantitative estimate of drug-likeness (QED) is 0.796. The minimum Gasteiger partial charge on any atom is -0.375 e. The molecule has 0 aliphatic rings. The SMILES string of the molecule is CO[C@H](CNC(=O)C(=O)NC(C)C)c1cccc(F)c1. The molecule has 2 amide bonds. The summed E-state index contributed by atoms with van der Waals surface area (Å²) in [5.41, 5.74) is 0.595. The highest BCUT2D eigenvalue weighted by Gasteiger charge is 2.17. The van der Waals surface area contributed by atoms with Crippen LogP contribution < -0.4 is 10.6 Å². The van der Waals surface area contributed by atoms with Crippen molar-refractivity contribution in [2.24, 2.45) is 0 Å². The van der Waals surface area contributed by atoms with E-state index >= 15 is 0 Å². The normalized spacial score (nSPS) is 12.1. The van der Waals surface area contributed by atoms with Crippen LogP contribution in [0.5, 0.6) is 0 Å². The Morgan fingerprint density at radius 2 is 2.00 bits per heavy atom. The molecule has 0 spiro atoms. The molecule has 5 nitrogen and oxygen atoms in total. The molecule has 1 aromatic carbocycles. The second-order valence-electron chi connectivity index (χ2n) is 4.62. The molecule has 1 atom stereocenters. The summed E-state index contributed by atoms with van der Waals surface area (Å²) in [6, 6.07) is 5.79. The Kier molecular flexibility index (Phi) is 6.11. The maximum absolute atomic E-state index is 13.1. The third kappa shape index (κ3) is 4.97. The van der Waals surface area contributed by atoms with E-state index in [0.717, 1.165) is 0 Å². The molecule has 0 radical (unpaired) electrons. The first-order valence-electron chi connectivity index (χ1n) is 6.31. The van der Waals surface area contributed by atoms with Crippen molar-refractivity contribution >= 4 is 11.8 Å². The maximum Gasteiger partial charge on any atom is 0.309 e. The Morgan fingerprint density at radius 3 is 2.55 bits per heavy atom. The van der Waals surface area contributed by atoms with Crippen LogP contribution in [0.2, 0.25) is 0 Å². The van der Waals surface area contributed by atoms with Gasteiger partial charge >= 0.3 is 11.8 Å². The maximum atomic E-state index is 13.1. The van der Waals surface area contributed by atoms with Gasteiger partial charge in [0.15, 0.2) is 0 Å². The lowest BCUT2D eigenvalue weighted by atomic mass is 10.1. The number of hydrogen-bond acceptors (Lipinski definition) is 3. The first-order chi connectivity index (χ1) is 9.43. The standard InChI is InChI=1S/C14H19FN2O3/c1-9(2)17-14(19)13(18)16-8-12(20-3)10-5-4-6-11(15)7-10/h4-7,9,12H,8H2,1-3H3,(H,16,18)(H,17,19)/t12-/m1/s1. The molecule has 0 saturated carbocycles. The third-order valence-electron chi connectivity index (χ3n) is 2.58. The van der Waals surface area contributed by atoms with Crippen LogP contribution in [-0.4, -0.2) is 31.5 Å². The lowest BCUT2D eigenvalue weighted by Gasteiger charge is -2.16. The first-order valence-corrected chi connectivity index (χ1v) is 6.31. The third-order valence-corrected chi connectivity index (χ3v) is 2.58. The van der Waals surface area contributed by atoms with Crippen molar-refractivity contribution in [3.8, 4) is 0 Å². The lowest BCUT2D eigenvalue weighted by molar-refractivity contribution is -0.139. The summed E-state index contributed by atoms with van der Waals surface area (Å²) in [7, 11) is 1.45. The van der Waals surface area contributed by atoms with Crippen LogP contribution in [-0.2, 0) is 14.3 Å². The smallest absolute Gasteiger partial charge is 0.309 e. The van der Waals surface area contributed by atoms with Gasteiger partial charge in [0.25, 0.3) is 0 Å². The minimum atomic E-state index is -0.739. The summed E-state index contributed by atoms with van der Waals surface area (Å²) in [4.78, 5) is 23.0. The van der Waals surface area contributed by atoms with Crippen molar-refractivity contribution in [1.82, 2.24) is 10.6 Å². The highest BCUT2D eigenvalue weighted by molar-refractivity contribution is 6.35. The highest BCUT2D eigenvalue weighted by atomic mass is 19.1. The number of amides is 2. The van der Waals surface area contributed by atoms with Crippen molar-refractivity contribution in [3.05, 3.63) is 35.6 Å². The molecule has 0 unspecified atom stereocenters. The fourth-order valence-corrected chi connectivity index (χ4v) is 1.64. The molecule has 0 aromatic heterocycles. The fraction of sp³-hybridized carbons (Fsp3) is 0.429. The number of hydrogen-bond donors (Lipinski definition) is 2. The van der Waals surface area contributed by atoms with Gasteiger partial charge in [0.2, 0.25) is 0 Å². The van der Waals surface area contributed by atoms with E-state index in [1.54, 1.807) is 26.0 Å². The van der Waals surface area contributed by atoms with Crippen LogP contribution in [0.1, 0.15) is 25.5 Å². The molecule has 0 saturated heterocycles. The van der Waals surface area contributed by atoms with Gasteiger partial charge in [-0.05, 0) is 31.5 Å². The molecule has 6 heteroatoms. The molecular formula is C14H19FN2O3. The van der Waals surface area contributed by atoms with Gasteiger partial charge in [-0.2, -0.15) is 0 Å². The number of ether oxygens (including phenoxy) is 1. The van der Waals surface area contributed by atoms with Crippen molar-refractivity contribution < 1.29 is 18.7 Å². The summed E-state index contributed by atoms with van der Waals surface area (Å²) >= 11 is 0. The summed E-state index contributed by atoms with van der Waals surface area (Å²) in [5.74, 6) is -1.82. The average molecular weight is 282 g/mol. The van der Waals surface area contributed by atoms with Gasteiger partial charge in [0, 0.05) is 19.7 Å². The molecule has 0 bridgehead atoms. The zero-order valence-electron chi connectivity index (χ0n) is 11.8. The van der Waals surface area contributed by atoms with Crippen LogP contribution in [0.25, 0.3) is 0 Å². The van der Waals surface area contributed by atoms with Crippen molar-refractivity contribution in [2.75, 3.05) is 13.7 Å². The second-order valence-corrected chi connectivity index (χ2v) is 4.62. The van der Waals surface area contributed by atoms with Gasteiger partial charge in [-0.15, -0.1) is 0 Å². The van der Waals surface area contributed by atoms with Crippen LogP contribution in [0.3, 0.4) is 0 Å². The number of benzene rings is 1. The van der Waals surface area contributed by atoms with Gasteiger partial charge in [-0.1, -0.05) is 12.1 Å².